The van der Waals surface area contributed by atoms with E-state index in [0.717, 1.165) is 0 Å². The van der Waals surface area contributed by atoms with Crippen molar-refractivity contribution in [1.29, 1.82) is 0 Å². The Balaban J connectivity index is 2.67. The summed E-state index contributed by atoms with van der Waals surface area (Å²) in [7, 11) is 1.31. The first kappa shape index (κ1) is 14.0. The fraction of sp³-hybridized carbons (Fsp3) is 0.417. The highest BCUT2D eigenvalue weighted by molar-refractivity contribution is 5.71. The van der Waals surface area contributed by atoms with Gasteiger partial charge in [-0.2, -0.15) is 0 Å². The third-order valence-electron chi connectivity index (χ3n) is 2.47. The van der Waals surface area contributed by atoms with Crippen molar-refractivity contribution in [3.63, 3.8) is 0 Å². The highest BCUT2D eigenvalue weighted by atomic mass is 16.6. The molecule has 0 spiro atoms. The Morgan fingerprint density at radius 1 is 1.50 bits per heavy atom. The van der Waals surface area contributed by atoms with Crippen LogP contribution in [0.25, 0.3) is 0 Å². The first-order valence-corrected chi connectivity index (χ1v) is 5.41. The van der Waals surface area contributed by atoms with Crippen LogP contribution in [0.1, 0.15) is 12.5 Å². The van der Waals surface area contributed by atoms with Gasteiger partial charge in [-0.1, -0.05) is 0 Å². The van der Waals surface area contributed by atoms with Gasteiger partial charge < -0.3 is 9.47 Å². The first-order valence-electron chi connectivity index (χ1n) is 5.41. The van der Waals surface area contributed by atoms with Crippen molar-refractivity contribution >= 4 is 11.7 Å². The van der Waals surface area contributed by atoms with E-state index in [1.165, 1.54) is 19.2 Å². The lowest BCUT2D eigenvalue weighted by atomic mass is 10.2. The molecule has 0 bridgehead atoms. The molecule has 0 aliphatic heterocycles. The second-order valence-corrected chi connectivity index (χ2v) is 3.94. The predicted octanol–water partition coefficient (Wildman–Crippen LogP) is 2.09. The smallest absolute Gasteiger partial charge is 0.311 e. The summed E-state index contributed by atoms with van der Waals surface area (Å²) in [5, 5.41) is 10.6. The molecule has 0 heterocycles. The molecule has 98 valence electrons. The molecule has 0 radical (unpaired) electrons. The first-order chi connectivity index (χ1) is 8.45. The lowest BCUT2D eigenvalue weighted by Crippen LogP contribution is -2.20. The Bertz CT molecular complexity index is 458. The molecule has 18 heavy (non-hydrogen) atoms. The molecular weight excluding hydrogens is 238 g/mol. The van der Waals surface area contributed by atoms with E-state index in [1.54, 1.807) is 19.9 Å². The molecule has 0 amide bonds. The van der Waals surface area contributed by atoms with Crippen LogP contribution in [0.5, 0.6) is 5.75 Å². The molecule has 0 N–H and O–H groups in total. The molecule has 1 unspecified atom stereocenters. The molecule has 0 saturated carbocycles. The van der Waals surface area contributed by atoms with Crippen LogP contribution in [0.3, 0.4) is 0 Å². The van der Waals surface area contributed by atoms with Gasteiger partial charge in [0.1, 0.15) is 12.4 Å². The number of hydrogen-bond donors (Lipinski definition) is 0. The van der Waals surface area contributed by atoms with Gasteiger partial charge in [-0.3, -0.25) is 14.9 Å². The molecule has 1 aromatic carbocycles. The number of carbonyl (C=O) groups excluding carboxylic acids is 1. The van der Waals surface area contributed by atoms with Gasteiger partial charge in [0.2, 0.25) is 0 Å². The van der Waals surface area contributed by atoms with Crippen molar-refractivity contribution < 1.29 is 19.2 Å². The number of methoxy groups -OCH3 is 1. The molecular formula is C12H15NO5. The normalized spacial score (nSPS) is 11.7. The van der Waals surface area contributed by atoms with Gasteiger partial charge in [0.05, 0.1) is 18.0 Å². The van der Waals surface area contributed by atoms with Crippen LogP contribution in [-0.4, -0.2) is 24.6 Å². The Kier molecular flexibility index (Phi) is 4.65. The summed E-state index contributed by atoms with van der Waals surface area (Å²) in [5.74, 6) is -0.243. The SMILES string of the molecule is COC(=O)C(C)COc1ccc([N+](=O)[O-])c(C)c1. The zero-order valence-electron chi connectivity index (χ0n) is 10.5. The quantitative estimate of drug-likeness (QED) is 0.456. The number of benzene rings is 1. The minimum absolute atomic E-state index is 0.0448. The van der Waals surface area contributed by atoms with Gasteiger partial charge in [-0.15, -0.1) is 0 Å². The molecule has 6 heteroatoms. The van der Waals surface area contributed by atoms with E-state index in [9.17, 15) is 14.9 Å². The minimum Gasteiger partial charge on any atom is -0.493 e. The van der Waals surface area contributed by atoms with E-state index in [2.05, 4.69) is 4.74 Å². The average Bonchev–Trinajstić information content (AvgIpc) is 2.34. The number of ether oxygens (including phenoxy) is 2. The van der Waals surface area contributed by atoms with Crippen molar-refractivity contribution in [1.82, 2.24) is 0 Å². The number of nitro groups is 1. The molecule has 1 atom stereocenters. The second kappa shape index (κ2) is 6.00. The summed E-state index contributed by atoms with van der Waals surface area (Å²) < 4.78 is 9.95. The summed E-state index contributed by atoms with van der Waals surface area (Å²) in [6.45, 7) is 3.49. The maximum atomic E-state index is 11.2. The number of carbonyl (C=O) groups is 1. The zero-order valence-corrected chi connectivity index (χ0v) is 10.5. The van der Waals surface area contributed by atoms with Crippen molar-refractivity contribution in [2.75, 3.05) is 13.7 Å². The number of nitro benzene ring substituents is 1. The summed E-state index contributed by atoms with van der Waals surface area (Å²) in [5.41, 5.74) is 0.562. The predicted molar refractivity (Wildman–Crippen MR) is 64.5 cm³/mol. The standard InChI is InChI=1S/C12H15NO5/c1-8-6-10(4-5-11(8)13(15)16)18-7-9(2)12(14)17-3/h4-6,9H,7H2,1-3H3. The number of esters is 1. The molecule has 0 aromatic heterocycles. The summed E-state index contributed by atoms with van der Waals surface area (Å²) >= 11 is 0. The van der Waals surface area contributed by atoms with Gasteiger partial charge in [-0.25, -0.2) is 0 Å². The maximum Gasteiger partial charge on any atom is 0.311 e. The Morgan fingerprint density at radius 3 is 2.67 bits per heavy atom. The third-order valence-corrected chi connectivity index (χ3v) is 2.47. The molecule has 0 saturated heterocycles. The van der Waals surface area contributed by atoms with Gasteiger partial charge in [0.15, 0.2) is 0 Å². The molecule has 1 aromatic rings. The summed E-state index contributed by atoms with van der Waals surface area (Å²) in [6.07, 6.45) is 0. The van der Waals surface area contributed by atoms with Crippen LogP contribution in [0.15, 0.2) is 18.2 Å². The highest BCUT2D eigenvalue weighted by Crippen LogP contribution is 2.23. The van der Waals surface area contributed by atoms with E-state index < -0.39 is 4.92 Å². The third kappa shape index (κ3) is 3.44. The van der Waals surface area contributed by atoms with Crippen LogP contribution < -0.4 is 4.74 Å². The lowest BCUT2D eigenvalue weighted by molar-refractivity contribution is -0.385. The van der Waals surface area contributed by atoms with E-state index in [0.29, 0.717) is 11.3 Å². The van der Waals surface area contributed by atoms with E-state index >= 15 is 0 Å². The Hall–Kier alpha value is -2.11. The van der Waals surface area contributed by atoms with Crippen LogP contribution >= 0.6 is 0 Å². The number of hydrogen-bond acceptors (Lipinski definition) is 5. The van der Waals surface area contributed by atoms with Crippen LogP contribution in [-0.2, 0) is 9.53 Å². The van der Waals surface area contributed by atoms with Gasteiger partial charge in [0, 0.05) is 11.6 Å². The summed E-state index contributed by atoms with van der Waals surface area (Å²) in [4.78, 5) is 21.3. The van der Waals surface area contributed by atoms with Crippen LogP contribution in [0.4, 0.5) is 5.69 Å². The lowest BCUT2D eigenvalue weighted by Gasteiger charge is -2.11. The second-order valence-electron chi connectivity index (χ2n) is 3.94. The van der Waals surface area contributed by atoms with Crippen molar-refractivity contribution in [2.24, 2.45) is 5.92 Å². The van der Waals surface area contributed by atoms with Gasteiger partial charge in [0.25, 0.3) is 5.69 Å². The topological polar surface area (TPSA) is 78.7 Å². The molecule has 0 aliphatic carbocycles. The van der Waals surface area contributed by atoms with Crippen molar-refractivity contribution in [3.05, 3.63) is 33.9 Å². The maximum absolute atomic E-state index is 11.2. The Morgan fingerprint density at radius 2 is 2.17 bits per heavy atom. The largest absolute Gasteiger partial charge is 0.493 e. The number of nitrogens with zero attached hydrogens (tertiary/aromatic N) is 1. The minimum atomic E-state index is -0.448. The molecule has 0 aliphatic rings. The fourth-order valence-electron chi connectivity index (χ4n) is 1.41. The van der Waals surface area contributed by atoms with Crippen LogP contribution in [0, 0.1) is 23.0 Å². The van der Waals surface area contributed by atoms with Crippen molar-refractivity contribution in [2.45, 2.75) is 13.8 Å². The zero-order chi connectivity index (χ0) is 13.7. The van der Waals surface area contributed by atoms with E-state index in [-0.39, 0.29) is 24.2 Å². The van der Waals surface area contributed by atoms with E-state index in [1.807, 2.05) is 0 Å². The molecule has 0 fully saturated rings. The van der Waals surface area contributed by atoms with Crippen LogP contribution in [0.2, 0.25) is 0 Å². The molecule has 6 nitrogen and oxygen atoms in total. The fourth-order valence-corrected chi connectivity index (χ4v) is 1.41. The van der Waals surface area contributed by atoms with Gasteiger partial charge >= 0.3 is 5.97 Å². The van der Waals surface area contributed by atoms with Gasteiger partial charge in [-0.05, 0) is 26.0 Å². The number of rotatable bonds is 5. The highest BCUT2D eigenvalue weighted by Gasteiger charge is 2.15. The molecule has 1 rings (SSSR count). The Labute approximate surface area is 105 Å². The van der Waals surface area contributed by atoms with Crippen molar-refractivity contribution in [3.8, 4) is 5.75 Å². The van der Waals surface area contributed by atoms with E-state index in [4.69, 9.17) is 4.74 Å². The monoisotopic (exact) mass is 253 g/mol. The summed E-state index contributed by atoms with van der Waals surface area (Å²) in [6, 6.07) is 4.46. The number of aryl methyl sites for hydroxylation is 1. The average molecular weight is 253 g/mol.